The summed E-state index contributed by atoms with van der Waals surface area (Å²) in [6.07, 6.45) is -0.638. The van der Waals surface area contributed by atoms with Crippen molar-refractivity contribution in [1.29, 1.82) is 0 Å². The van der Waals surface area contributed by atoms with Gasteiger partial charge in [-0.2, -0.15) is 0 Å². The third kappa shape index (κ3) is 1.49. The van der Waals surface area contributed by atoms with Crippen molar-refractivity contribution >= 4 is 5.97 Å². The van der Waals surface area contributed by atoms with Crippen LogP contribution in [0.4, 0.5) is 8.78 Å². The summed E-state index contributed by atoms with van der Waals surface area (Å²) in [5, 5.41) is 9.00. The quantitative estimate of drug-likeness (QED) is 0.885. The molecule has 1 aliphatic carbocycles. The lowest BCUT2D eigenvalue weighted by Crippen LogP contribution is -2.27. The van der Waals surface area contributed by atoms with Crippen LogP contribution in [-0.4, -0.2) is 24.1 Å². The lowest BCUT2D eigenvalue weighted by atomic mass is 9.93. The van der Waals surface area contributed by atoms with Gasteiger partial charge in [-0.05, 0) is 24.1 Å². The van der Waals surface area contributed by atoms with Gasteiger partial charge in [0.1, 0.15) is 5.75 Å². The summed E-state index contributed by atoms with van der Waals surface area (Å²) in [7, 11) is 1.47. The van der Waals surface area contributed by atoms with Crippen LogP contribution in [0.2, 0.25) is 0 Å². The van der Waals surface area contributed by atoms with Crippen molar-refractivity contribution in [2.45, 2.75) is 24.7 Å². The Morgan fingerprint density at radius 1 is 1.47 bits per heavy atom. The zero-order valence-electron chi connectivity index (χ0n) is 9.46. The van der Waals surface area contributed by atoms with E-state index in [0.717, 1.165) is 0 Å². The van der Waals surface area contributed by atoms with Crippen molar-refractivity contribution in [1.82, 2.24) is 0 Å². The largest absolute Gasteiger partial charge is 0.496 e. The lowest BCUT2D eigenvalue weighted by Gasteiger charge is -2.14. The highest BCUT2D eigenvalue weighted by Gasteiger charge is 2.77. The standard InChI is InChI=1S/C12H12F2O3/c1-7-5-8(3-4-9(7)17-2)11(10(15)16)6-12(11,13)14/h3-5H,6H2,1-2H3,(H,15,16). The summed E-state index contributed by atoms with van der Waals surface area (Å²) < 4.78 is 31.6. The number of carboxylic acid groups (broad SMARTS) is 1. The van der Waals surface area contributed by atoms with E-state index in [9.17, 15) is 13.6 Å². The molecule has 0 radical (unpaired) electrons. The van der Waals surface area contributed by atoms with Gasteiger partial charge in [-0.15, -0.1) is 0 Å². The number of carboxylic acids is 1. The van der Waals surface area contributed by atoms with Crippen LogP contribution < -0.4 is 4.74 Å². The molecule has 1 aliphatic rings. The van der Waals surface area contributed by atoms with E-state index in [1.54, 1.807) is 6.92 Å². The summed E-state index contributed by atoms with van der Waals surface area (Å²) in [6, 6.07) is 4.36. The first kappa shape index (κ1) is 11.8. The molecule has 0 amide bonds. The van der Waals surface area contributed by atoms with E-state index in [-0.39, 0.29) is 5.56 Å². The second-order valence-electron chi connectivity index (χ2n) is 4.28. The Kier molecular flexibility index (Phi) is 2.38. The average molecular weight is 242 g/mol. The van der Waals surface area contributed by atoms with Crippen LogP contribution in [0.25, 0.3) is 0 Å². The molecular weight excluding hydrogens is 230 g/mol. The molecule has 1 unspecified atom stereocenters. The SMILES string of the molecule is COc1ccc(C2(C(=O)O)CC2(F)F)cc1C. The number of hydrogen-bond donors (Lipinski definition) is 1. The molecule has 0 saturated heterocycles. The number of rotatable bonds is 3. The van der Waals surface area contributed by atoms with Gasteiger partial charge < -0.3 is 9.84 Å². The van der Waals surface area contributed by atoms with Crippen LogP contribution >= 0.6 is 0 Å². The molecule has 0 bridgehead atoms. The molecule has 2 rings (SSSR count). The molecule has 5 heteroatoms. The first-order valence-electron chi connectivity index (χ1n) is 5.11. The fourth-order valence-electron chi connectivity index (χ4n) is 2.10. The third-order valence-corrected chi connectivity index (χ3v) is 3.24. The van der Waals surface area contributed by atoms with Crippen molar-refractivity contribution in [3.05, 3.63) is 29.3 Å². The molecule has 1 fully saturated rings. The van der Waals surface area contributed by atoms with Gasteiger partial charge in [0.15, 0.2) is 5.41 Å². The molecule has 17 heavy (non-hydrogen) atoms. The minimum absolute atomic E-state index is 0.133. The Morgan fingerprint density at radius 2 is 2.06 bits per heavy atom. The molecule has 0 aromatic heterocycles. The summed E-state index contributed by atoms with van der Waals surface area (Å²) in [6.45, 7) is 1.69. The Bertz CT molecular complexity index is 485. The van der Waals surface area contributed by atoms with E-state index in [2.05, 4.69) is 0 Å². The highest BCUT2D eigenvalue weighted by atomic mass is 19.3. The van der Waals surface area contributed by atoms with Gasteiger partial charge in [0.25, 0.3) is 5.92 Å². The zero-order chi connectivity index (χ0) is 12.8. The van der Waals surface area contributed by atoms with Gasteiger partial charge in [-0.25, -0.2) is 8.78 Å². The molecule has 1 aromatic carbocycles. The molecule has 1 saturated carbocycles. The van der Waals surface area contributed by atoms with E-state index in [4.69, 9.17) is 9.84 Å². The van der Waals surface area contributed by atoms with Crippen LogP contribution in [0.5, 0.6) is 5.75 Å². The molecule has 0 heterocycles. The number of halogens is 2. The van der Waals surface area contributed by atoms with E-state index in [1.165, 1.54) is 25.3 Å². The number of hydrogen-bond acceptors (Lipinski definition) is 2. The zero-order valence-corrected chi connectivity index (χ0v) is 9.46. The molecule has 0 aliphatic heterocycles. The molecular formula is C12H12F2O3. The molecule has 0 spiro atoms. The molecule has 92 valence electrons. The summed E-state index contributed by atoms with van der Waals surface area (Å²) in [4.78, 5) is 11.1. The number of ether oxygens (including phenoxy) is 1. The molecule has 1 aromatic rings. The van der Waals surface area contributed by atoms with Crippen molar-refractivity contribution in [2.75, 3.05) is 7.11 Å². The topological polar surface area (TPSA) is 46.5 Å². The maximum Gasteiger partial charge on any atom is 0.320 e. The average Bonchev–Trinajstić information content (AvgIpc) is 2.83. The number of methoxy groups -OCH3 is 1. The Hall–Kier alpha value is -1.65. The molecule has 3 nitrogen and oxygen atoms in total. The van der Waals surface area contributed by atoms with Crippen molar-refractivity contribution < 1.29 is 23.4 Å². The first-order valence-corrected chi connectivity index (χ1v) is 5.11. The van der Waals surface area contributed by atoms with Gasteiger partial charge in [-0.1, -0.05) is 12.1 Å². The van der Waals surface area contributed by atoms with E-state index in [1.807, 2.05) is 0 Å². The number of alkyl halides is 2. The van der Waals surface area contributed by atoms with Crippen molar-refractivity contribution in [3.63, 3.8) is 0 Å². The maximum absolute atomic E-state index is 13.3. The van der Waals surface area contributed by atoms with Crippen LogP contribution in [0.15, 0.2) is 18.2 Å². The maximum atomic E-state index is 13.3. The summed E-state index contributed by atoms with van der Waals surface area (Å²) in [5.41, 5.74) is -1.27. The van der Waals surface area contributed by atoms with Gasteiger partial charge in [0.05, 0.1) is 7.11 Å². The summed E-state index contributed by atoms with van der Waals surface area (Å²) in [5.74, 6) is -4.09. The minimum atomic E-state index is -3.17. The van der Waals surface area contributed by atoms with Gasteiger partial charge in [0, 0.05) is 6.42 Å². The highest BCUT2D eigenvalue weighted by molar-refractivity contribution is 5.87. The predicted molar refractivity (Wildman–Crippen MR) is 56.6 cm³/mol. The number of carbonyl (C=O) groups is 1. The summed E-state index contributed by atoms with van der Waals surface area (Å²) >= 11 is 0. The van der Waals surface area contributed by atoms with Crippen LogP contribution in [0, 0.1) is 6.92 Å². The number of aryl methyl sites for hydroxylation is 1. The normalized spacial score (nSPS) is 25.4. The lowest BCUT2D eigenvalue weighted by molar-refractivity contribution is -0.142. The highest BCUT2D eigenvalue weighted by Crippen LogP contribution is 2.61. The Balaban J connectivity index is 2.48. The second kappa shape index (κ2) is 3.42. The van der Waals surface area contributed by atoms with Gasteiger partial charge >= 0.3 is 5.97 Å². The first-order chi connectivity index (χ1) is 7.85. The monoisotopic (exact) mass is 242 g/mol. The Morgan fingerprint density at radius 3 is 2.41 bits per heavy atom. The van der Waals surface area contributed by atoms with Crippen LogP contribution in [-0.2, 0) is 10.2 Å². The smallest absolute Gasteiger partial charge is 0.320 e. The fourth-order valence-corrected chi connectivity index (χ4v) is 2.10. The molecule has 1 N–H and O–H groups in total. The predicted octanol–water partition coefficient (Wildman–Crippen LogP) is 2.37. The van der Waals surface area contributed by atoms with Crippen LogP contribution in [0.1, 0.15) is 17.5 Å². The minimum Gasteiger partial charge on any atom is -0.496 e. The molecule has 1 atom stereocenters. The number of aliphatic carboxylic acids is 1. The van der Waals surface area contributed by atoms with Crippen molar-refractivity contribution in [2.24, 2.45) is 0 Å². The van der Waals surface area contributed by atoms with Crippen LogP contribution in [0.3, 0.4) is 0 Å². The van der Waals surface area contributed by atoms with E-state index in [0.29, 0.717) is 11.3 Å². The number of benzene rings is 1. The fraction of sp³-hybridized carbons (Fsp3) is 0.417. The van der Waals surface area contributed by atoms with Crippen molar-refractivity contribution in [3.8, 4) is 5.75 Å². The second-order valence-corrected chi connectivity index (χ2v) is 4.28. The Labute approximate surface area is 97.0 Å². The third-order valence-electron chi connectivity index (χ3n) is 3.24. The van der Waals surface area contributed by atoms with Gasteiger partial charge in [0.2, 0.25) is 0 Å². The van der Waals surface area contributed by atoms with E-state index >= 15 is 0 Å². The van der Waals surface area contributed by atoms with E-state index < -0.39 is 23.7 Å². The van der Waals surface area contributed by atoms with Gasteiger partial charge in [-0.3, -0.25) is 4.79 Å².